The molecule has 0 saturated carbocycles. The van der Waals surface area contributed by atoms with E-state index in [1.807, 2.05) is 50.7 Å². The van der Waals surface area contributed by atoms with E-state index in [1.54, 1.807) is 47.6 Å². The number of esters is 1. The van der Waals surface area contributed by atoms with Gasteiger partial charge in [-0.1, -0.05) is 32.8 Å². The standard InChI is InChI=1S/C42H74N2O12/c1-15-17-18-19-43(12)30-20-25(4)52-39(33(30)45)56-37-26(5)34(55-32-22-41(10,51-14)36(47)29(8)53-32)27(6)38(48)54-31(16-2)42(11,50)35(46)28(7)44(13)23-24(3)21-40(37,9)49/h1,17-18,24-37,39,45-47,49-50H,16,19-23H2,2-14H3/t24-,25-,26+,27-,28-,29+,30+,31-,32+,33-,34+,35-,36+,37-,39+,40-,41-,42-/m1/s1. The van der Waals surface area contributed by atoms with Gasteiger partial charge in [0.05, 0.1) is 41.5 Å². The molecule has 0 aromatic rings. The van der Waals surface area contributed by atoms with Crippen molar-refractivity contribution < 1.29 is 58.7 Å². The summed E-state index contributed by atoms with van der Waals surface area (Å²) in [6.07, 6.45) is 0.187. The summed E-state index contributed by atoms with van der Waals surface area (Å²) in [4.78, 5) is 18.2. The van der Waals surface area contributed by atoms with Crippen molar-refractivity contribution in [2.75, 3.05) is 34.3 Å². The summed E-state index contributed by atoms with van der Waals surface area (Å²) < 4.78 is 37.8. The maximum absolute atomic E-state index is 14.3. The van der Waals surface area contributed by atoms with Gasteiger partial charge >= 0.3 is 5.97 Å². The molecule has 14 heteroatoms. The van der Waals surface area contributed by atoms with Crippen LogP contribution in [0, 0.1) is 30.1 Å². The summed E-state index contributed by atoms with van der Waals surface area (Å²) in [6, 6.07) is -0.925. The number of carbonyl (C=O) groups is 1. The minimum Gasteiger partial charge on any atom is -0.459 e. The number of likely N-dealkylation sites (N-methyl/N-ethyl adjacent to an activating group) is 2. The topological polar surface area (TPSA) is 180 Å². The number of allylic oxidation sites excluding steroid dienone is 1. The molecule has 324 valence electrons. The van der Waals surface area contributed by atoms with Crippen LogP contribution in [0.1, 0.15) is 94.9 Å². The fourth-order valence-electron chi connectivity index (χ4n) is 9.08. The molecule has 0 unspecified atom stereocenters. The molecular weight excluding hydrogens is 724 g/mol. The Morgan fingerprint density at radius 3 is 2.25 bits per heavy atom. The Hall–Kier alpha value is -1.71. The first-order valence-electron chi connectivity index (χ1n) is 20.3. The molecule has 0 aromatic carbocycles. The van der Waals surface area contributed by atoms with E-state index in [9.17, 15) is 30.3 Å². The zero-order chi connectivity index (χ0) is 42.5. The predicted molar refractivity (Wildman–Crippen MR) is 211 cm³/mol. The van der Waals surface area contributed by atoms with Crippen molar-refractivity contribution in [2.24, 2.45) is 17.8 Å². The van der Waals surface area contributed by atoms with E-state index in [-0.39, 0.29) is 37.3 Å². The van der Waals surface area contributed by atoms with Gasteiger partial charge in [-0.2, -0.15) is 0 Å². The molecule has 18 atom stereocenters. The molecule has 3 saturated heterocycles. The molecule has 0 aliphatic carbocycles. The van der Waals surface area contributed by atoms with Crippen molar-refractivity contribution in [3.8, 4) is 12.3 Å². The normalized spacial score (nSPS) is 46.9. The Kier molecular flexibility index (Phi) is 17.4. The second-order valence-corrected chi connectivity index (χ2v) is 17.7. The third kappa shape index (κ3) is 11.3. The molecule has 3 heterocycles. The first-order valence-corrected chi connectivity index (χ1v) is 20.3. The Bertz CT molecular complexity index is 1320. The summed E-state index contributed by atoms with van der Waals surface area (Å²) in [6.45, 7) is 18.4. The van der Waals surface area contributed by atoms with Crippen molar-refractivity contribution in [3.05, 3.63) is 12.2 Å². The highest BCUT2D eigenvalue weighted by Crippen LogP contribution is 2.40. The van der Waals surface area contributed by atoms with E-state index in [2.05, 4.69) is 5.92 Å². The number of methoxy groups -OCH3 is 1. The Morgan fingerprint density at radius 2 is 1.66 bits per heavy atom. The fraction of sp³-hybridized carbons (Fsp3) is 0.881. The average molecular weight is 799 g/mol. The maximum atomic E-state index is 14.3. The zero-order valence-electron chi connectivity index (χ0n) is 36.1. The number of carbonyl (C=O) groups excluding carboxylic acids is 1. The van der Waals surface area contributed by atoms with E-state index in [0.717, 1.165) is 0 Å². The van der Waals surface area contributed by atoms with E-state index in [0.29, 0.717) is 19.5 Å². The lowest BCUT2D eigenvalue weighted by molar-refractivity contribution is -0.318. The van der Waals surface area contributed by atoms with Gasteiger partial charge in [0.15, 0.2) is 12.6 Å². The molecule has 3 aliphatic heterocycles. The lowest BCUT2D eigenvalue weighted by Gasteiger charge is -2.49. The Balaban J connectivity index is 2.17. The molecule has 56 heavy (non-hydrogen) atoms. The van der Waals surface area contributed by atoms with Crippen LogP contribution in [0.5, 0.6) is 0 Å². The van der Waals surface area contributed by atoms with Crippen molar-refractivity contribution in [3.63, 3.8) is 0 Å². The number of rotatable bonds is 9. The molecule has 0 spiro atoms. The number of cyclic esters (lactones) is 1. The van der Waals surface area contributed by atoms with Gasteiger partial charge in [0.25, 0.3) is 0 Å². The van der Waals surface area contributed by atoms with Crippen LogP contribution < -0.4 is 0 Å². The lowest BCUT2D eigenvalue weighted by Crippen LogP contribution is -2.60. The number of hydrogen-bond acceptors (Lipinski definition) is 14. The van der Waals surface area contributed by atoms with Gasteiger partial charge in [-0.15, -0.1) is 6.42 Å². The molecule has 5 N–H and O–H groups in total. The smallest absolute Gasteiger partial charge is 0.311 e. The summed E-state index contributed by atoms with van der Waals surface area (Å²) >= 11 is 0. The maximum Gasteiger partial charge on any atom is 0.311 e. The third-order valence-electron chi connectivity index (χ3n) is 12.7. The second-order valence-electron chi connectivity index (χ2n) is 17.7. The fourth-order valence-corrected chi connectivity index (χ4v) is 9.08. The van der Waals surface area contributed by atoms with Crippen LogP contribution in [0.3, 0.4) is 0 Å². The highest BCUT2D eigenvalue weighted by Gasteiger charge is 2.52. The molecule has 3 aliphatic rings. The van der Waals surface area contributed by atoms with Crippen LogP contribution in [0.25, 0.3) is 0 Å². The molecule has 14 nitrogen and oxygen atoms in total. The van der Waals surface area contributed by atoms with Gasteiger partial charge < -0.3 is 58.9 Å². The lowest BCUT2D eigenvalue weighted by atomic mass is 9.77. The van der Waals surface area contributed by atoms with Crippen LogP contribution in [-0.4, -0.2) is 166 Å². The van der Waals surface area contributed by atoms with Crippen LogP contribution in [0.4, 0.5) is 0 Å². The van der Waals surface area contributed by atoms with Gasteiger partial charge in [0, 0.05) is 44.6 Å². The predicted octanol–water partition coefficient (Wildman–Crippen LogP) is 2.46. The Labute approximate surface area is 335 Å². The van der Waals surface area contributed by atoms with E-state index in [4.69, 9.17) is 34.8 Å². The van der Waals surface area contributed by atoms with Gasteiger partial charge in [-0.25, -0.2) is 0 Å². The number of ether oxygens (including phenoxy) is 6. The number of aliphatic hydroxyl groups excluding tert-OH is 3. The number of hydrogen-bond donors (Lipinski definition) is 5. The van der Waals surface area contributed by atoms with E-state index >= 15 is 0 Å². The van der Waals surface area contributed by atoms with Crippen LogP contribution >= 0.6 is 0 Å². The van der Waals surface area contributed by atoms with Crippen LogP contribution in [-0.2, 0) is 33.2 Å². The van der Waals surface area contributed by atoms with E-state index < -0.39 is 96.0 Å². The SMILES string of the molecule is C#CC=CCN(C)[C@H]1C[C@@H](C)O[C@@H](O[C@@H]2[C@@H](C)[C@H](O[C@H]3C[C@@](C)(OC)[C@@H](O)[C@H](C)O3)[C@@H](C)C(=O)O[C@H](CC)[C@@](C)(O)[C@H](O)[C@@H](C)N(C)C[C@H](C)C[C@@]2(C)O)[C@@H]1O. The van der Waals surface area contributed by atoms with Crippen LogP contribution in [0.15, 0.2) is 12.2 Å². The molecule has 0 radical (unpaired) electrons. The molecule has 0 amide bonds. The van der Waals surface area contributed by atoms with Crippen molar-refractivity contribution in [2.45, 2.75) is 185 Å². The first kappa shape index (κ1) is 48.7. The summed E-state index contributed by atoms with van der Waals surface area (Å²) in [7, 11) is 5.22. The monoisotopic (exact) mass is 799 g/mol. The summed E-state index contributed by atoms with van der Waals surface area (Å²) in [5, 5.41) is 58.7. The first-order chi connectivity index (χ1) is 25.9. The van der Waals surface area contributed by atoms with Gasteiger partial charge in [-0.05, 0) is 93.8 Å². The molecular formula is C42H74N2O12. The third-order valence-corrected chi connectivity index (χ3v) is 12.7. The van der Waals surface area contributed by atoms with Gasteiger partial charge in [0.1, 0.15) is 30.0 Å². The quantitative estimate of drug-likeness (QED) is 0.170. The highest BCUT2D eigenvalue weighted by molar-refractivity contribution is 5.73. The van der Waals surface area contributed by atoms with Crippen molar-refractivity contribution in [1.82, 2.24) is 9.80 Å². The number of aliphatic hydroxyl groups is 5. The molecule has 3 fully saturated rings. The summed E-state index contributed by atoms with van der Waals surface area (Å²) in [5.41, 5.74) is -4.45. The average Bonchev–Trinajstić information content (AvgIpc) is 3.12. The van der Waals surface area contributed by atoms with Crippen molar-refractivity contribution >= 4 is 5.97 Å². The molecule has 3 rings (SSSR count). The van der Waals surface area contributed by atoms with Crippen LogP contribution in [0.2, 0.25) is 0 Å². The highest BCUT2D eigenvalue weighted by atomic mass is 16.7. The Morgan fingerprint density at radius 1 is 1.02 bits per heavy atom. The second kappa shape index (κ2) is 20.0. The number of nitrogens with zero attached hydrogens (tertiary/aromatic N) is 2. The zero-order valence-corrected chi connectivity index (χ0v) is 36.1. The minimum atomic E-state index is -1.82. The molecule has 0 aromatic heterocycles. The van der Waals surface area contributed by atoms with Gasteiger partial charge in [-0.3, -0.25) is 9.69 Å². The van der Waals surface area contributed by atoms with Gasteiger partial charge in [0.2, 0.25) is 0 Å². The largest absolute Gasteiger partial charge is 0.459 e. The summed E-state index contributed by atoms with van der Waals surface area (Å²) in [5.74, 6) is -0.198. The number of terminal acetylenes is 1. The minimum absolute atomic E-state index is 0.117. The molecule has 0 bridgehead atoms. The van der Waals surface area contributed by atoms with Crippen molar-refractivity contribution in [1.29, 1.82) is 0 Å². The van der Waals surface area contributed by atoms with E-state index in [1.165, 1.54) is 14.0 Å².